The second-order valence-corrected chi connectivity index (χ2v) is 11.6. The minimum absolute atomic E-state index is 0.0101. The lowest BCUT2D eigenvalue weighted by molar-refractivity contribution is -0.137. The van der Waals surface area contributed by atoms with Crippen molar-refractivity contribution in [1.82, 2.24) is 9.88 Å². The molecule has 10 heteroatoms. The lowest BCUT2D eigenvalue weighted by Crippen LogP contribution is -2.29. The number of fused-ring (bicyclic) bond motifs is 1. The fourth-order valence-electron chi connectivity index (χ4n) is 4.75. The summed E-state index contributed by atoms with van der Waals surface area (Å²) in [5.41, 5.74) is 1.57. The molecular weight excluding hydrogens is 507 g/mol. The van der Waals surface area contributed by atoms with Crippen molar-refractivity contribution in [3.8, 4) is 11.1 Å². The average Bonchev–Trinajstić information content (AvgIpc) is 3.35. The van der Waals surface area contributed by atoms with Crippen LogP contribution in [0.15, 0.2) is 71.1 Å². The fourth-order valence-corrected chi connectivity index (χ4v) is 6.58. The third-order valence-corrected chi connectivity index (χ3v) is 8.80. The third-order valence-electron chi connectivity index (χ3n) is 6.64. The van der Waals surface area contributed by atoms with Crippen molar-refractivity contribution in [2.24, 2.45) is 0 Å². The largest absolute Gasteiger partial charge is 0.416 e. The van der Waals surface area contributed by atoms with E-state index in [2.05, 4.69) is 14.6 Å². The van der Waals surface area contributed by atoms with Crippen molar-refractivity contribution in [3.05, 3.63) is 77.3 Å². The van der Waals surface area contributed by atoms with Gasteiger partial charge in [-0.1, -0.05) is 30.3 Å². The normalized spacial score (nSPS) is 15.9. The molecule has 0 bridgehead atoms. The van der Waals surface area contributed by atoms with Gasteiger partial charge in [-0.25, -0.2) is 13.4 Å². The van der Waals surface area contributed by atoms with Crippen molar-refractivity contribution < 1.29 is 21.6 Å². The van der Waals surface area contributed by atoms with Crippen LogP contribution >= 0.6 is 11.3 Å². The maximum absolute atomic E-state index is 13.6. The molecule has 2 heterocycles. The summed E-state index contributed by atoms with van der Waals surface area (Å²) < 4.78 is 69.0. The maximum atomic E-state index is 13.6. The molecule has 0 saturated carbocycles. The number of halogens is 3. The van der Waals surface area contributed by atoms with Crippen molar-refractivity contribution in [2.75, 3.05) is 24.9 Å². The molecule has 5 nitrogen and oxygen atoms in total. The van der Waals surface area contributed by atoms with Gasteiger partial charge in [-0.05, 0) is 90.6 Å². The van der Waals surface area contributed by atoms with E-state index in [4.69, 9.17) is 0 Å². The third kappa shape index (κ3) is 4.98. The highest BCUT2D eigenvalue weighted by Crippen LogP contribution is 2.41. The fraction of sp³-hybridized carbons (Fsp3) is 0.269. The summed E-state index contributed by atoms with van der Waals surface area (Å²) in [6, 6.07) is 14.3. The topological polar surface area (TPSA) is 62.3 Å². The van der Waals surface area contributed by atoms with Gasteiger partial charge < -0.3 is 4.90 Å². The van der Waals surface area contributed by atoms with Crippen LogP contribution in [0.2, 0.25) is 0 Å². The van der Waals surface area contributed by atoms with Crippen LogP contribution in [0.3, 0.4) is 0 Å². The lowest BCUT2D eigenvalue weighted by atomic mass is 9.82. The van der Waals surface area contributed by atoms with Gasteiger partial charge in [0.25, 0.3) is 10.0 Å². The van der Waals surface area contributed by atoms with E-state index in [0.717, 1.165) is 48.5 Å². The van der Waals surface area contributed by atoms with E-state index in [1.807, 2.05) is 13.1 Å². The molecule has 188 valence electrons. The van der Waals surface area contributed by atoms with Gasteiger partial charge in [-0.3, -0.25) is 4.72 Å². The first-order chi connectivity index (χ1) is 17.1. The summed E-state index contributed by atoms with van der Waals surface area (Å²) >= 11 is 1.18. The predicted molar refractivity (Wildman–Crippen MR) is 137 cm³/mol. The molecule has 0 atom stereocenters. The summed E-state index contributed by atoms with van der Waals surface area (Å²) in [4.78, 5) is 6.24. The number of hydrogen-bond donors (Lipinski definition) is 1. The van der Waals surface area contributed by atoms with Gasteiger partial charge in [0.05, 0.1) is 10.5 Å². The van der Waals surface area contributed by atoms with Crippen LogP contribution in [-0.2, 0) is 16.2 Å². The second-order valence-electron chi connectivity index (χ2n) is 9.01. The van der Waals surface area contributed by atoms with E-state index in [0.29, 0.717) is 10.9 Å². The van der Waals surface area contributed by atoms with E-state index < -0.39 is 21.8 Å². The van der Waals surface area contributed by atoms with Crippen LogP contribution in [-0.4, -0.2) is 38.4 Å². The number of likely N-dealkylation sites (tertiary alicyclic amines) is 1. The Morgan fingerprint density at radius 1 is 1.03 bits per heavy atom. The summed E-state index contributed by atoms with van der Waals surface area (Å²) in [5.74, 6) is 0.0101. The van der Waals surface area contributed by atoms with Gasteiger partial charge in [0.2, 0.25) is 0 Å². The SMILES string of the molecule is CN1CCC(c2cc(C(F)(F)F)ccc2-c2cccc3cc(S(=O)(=O)Nc4nccs4)ccc23)CC1. The number of nitrogens with zero attached hydrogens (tertiary/aromatic N) is 2. The zero-order valence-electron chi connectivity index (χ0n) is 19.4. The Kier molecular flexibility index (Phi) is 6.52. The predicted octanol–water partition coefficient (Wildman–Crippen LogP) is 6.59. The Balaban J connectivity index is 1.59. The molecule has 1 fully saturated rings. The molecule has 5 rings (SSSR count). The van der Waals surface area contributed by atoms with Crippen molar-refractivity contribution in [3.63, 3.8) is 0 Å². The average molecular weight is 532 g/mol. The molecule has 1 saturated heterocycles. The molecule has 36 heavy (non-hydrogen) atoms. The number of piperidine rings is 1. The molecule has 1 N–H and O–H groups in total. The Hall–Kier alpha value is -2.95. The molecule has 0 amide bonds. The number of benzene rings is 3. The second kappa shape index (κ2) is 9.49. The zero-order chi connectivity index (χ0) is 25.5. The molecule has 0 radical (unpaired) electrons. The number of rotatable bonds is 5. The Bertz CT molecular complexity index is 1490. The van der Waals surface area contributed by atoms with Gasteiger partial charge in [-0.2, -0.15) is 13.2 Å². The number of hydrogen-bond acceptors (Lipinski definition) is 5. The van der Waals surface area contributed by atoms with Crippen LogP contribution in [0.5, 0.6) is 0 Å². The Morgan fingerprint density at radius 2 is 1.81 bits per heavy atom. The van der Waals surface area contributed by atoms with Crippen molar-refractivity contribution in [1.29, 1.82) is 0 Å². The maximum Gasteiger partial charge on any atom is 0.416 e. The molecule has 4 aromatic rings. The van der Waals surface area contributed by atoms with Crippen LogP contribution in [0.25, 0.3) is 21.9 Å². The summed E-state index contributed by atoms with van der Waals surface area (Å²) in [6.07, 6.45) is -1.35. The van der Waals surface area contributed by atoms with Crippen molar-refractivity contribution >= 4 is 37.3 Å². The number of nitrogens with one attached hydrogen (secondary N) is 1. The lowest BCUT2D eigenvalue weighted by Gasteiger charge is -2.31. The number of sulfonamides is 1. The number of aromatic nitrogens is 1. The molecule has 3 aromatic carbocycles. The van der Waals surface area contributed by atoms with Crippen LogP contribution < -0.4 is 4.72 Å². The highest BCUT2D eigenvalue weighted by Gasteiger charge is 2.32. The first-order valence-corrected chi connectivity index (χ1v) is 13.8. The van der Waals surface area contributed by atoms with Crippen molar-refractivity contribution in [2.45, 2.75) is 29.8 Å². The smallest absolute Gasteiger partial charge is 0.306 e. The van der Waals surface area contributed by atoms with Gasteiger partial charge in [0.1, 0.15) is 0 Å². The monoisotopic (exact) mass is 531 g/mol. The number of anilines is 1. The van der Waals surface area contributed by atoms with E-state index >= 15 is 0 Å². The zero-order valence-corrected chi connectivity index (χ0v) is 21.1. The Labute approximate surface area is 211 Å². The number of alkyl halides is 3. The van der Waals surface area contributed by atoms with Gasteiger partial charge in [-0.15, -0.1) is 11.3 Å². The van der Waals surface area contributed by atoms with E-state index in [1.165, 1.54) is 29.7 Å². The standard InChI is InChI=1S/C26H24F3N3O2S2/c1-32-12-9-17(10-13-32)24-16-19(26(27,28)29)5-7-23(24)22-4-2-3-18-15-20(6-8-21(18)22)36(33,34)31-25-30-11-14-35-25/h2-8,11,14-17H,9-10,12-13H2,1H3,(H,30,31). The highest BCUT2D eigenvalue weighted by molar-refractivity contribution is 7.93. The Morgan fingerprint density at radius 3 is 2.50 bits per heavy atom. The van der Waals surface area contributed by atoms with Crippen LogP contribution in [0, 0.1) is 0 Å². The van der Waals surface area contributed by atoms with E-state index in [1.54, 1.807) is 35.7 Å². The molecule has 1 aromatic heterocycles. The highest BCUT2D eigenvalue weighted by atomic mass is 32.2. The first kappa shape index (κ1) is 24.7. The minimum atomic E-state index is -4.43. The molecule has 1 aliphatic heterocycles. The summed E-state index contributed by atoms with van der Waals surface area (Å²) in [5, 5.41) is 3.41. The van der Waals surface area contributed by atoms with Gasteiger partial charge in [0.15, 0.2) is 5.13 Å². The first-order valence-electron chi connectivity index (χ1n) is 11.5. The molecular formula is C26H24F3N3O2S2. The van der Waals surface area contributed by atoms with Gasteiger partial charge in [0, 0.05) is 11.6 Å². The molecule has 0 aliphatic carbocycles. The van der Waals surface area contributed by atoms with Crippen LogP contribution in [0.1, 0.15) is 29.9 Å². The number of thiazole rings is 1. The van der Waals surface area contributed by atoms with E-state index in [-0.39, 0.29) is 15.9 Å². The summed E-state index contributed by atoms with van der Waals surface area (Å²) in [6.45, 7) is 1.65. The van der Waals surface area contributed by atoms with Gasteiger partial charge >= 0.3 is 6.18 Å². The van der Waals surface area contributed by atoms with E-state index in [9.17, 15) is 21.6 Å². The molecule has 0 spiro atoms. The summed E-state index contributed by atoms with van der Waals surface area (Å²) in [7, 11) is -1.82. The minimum Gasteiger partial charge on any atom is -0.306 e. The molecule has 1 aliphatic rings. The quantitative estimate of drug-likeness (QED) is 0.316. The van der Waals surface area contributed by atoms with Crippen LogP contribution in [0.4, 0.5) is 18.3 Å². The molecule has 0 unspecified atom stereocenters.